The topological polar surface area (TPSA) is 155 Å². The van der Waals surface area contributed by atoms with Crippen LogP contribution < -0.4 is 10.5 Å². The highest BCUT2D eigenvalue weighted by atomic mass is 16.6. The van der Waals surface area contributed by atoms with E-state index in [1.807, 2.05) is 0 Å². The zero-order valence-corrected chi connectivity index (χ0v) is 14.9. The molecule has 2 saturated carbocycles. The minimum absolute atomic E-state index is 0.0893. The van der Waals surface area contributed by atoms with E-state index in [1.54, 1.807) is 0 Å². The van der Waals surface area contributed by atoms with Crippen molar-refractivity contribution >= 4 is 17.0 Å². The van der Waals surface area contributed by atoms with Crippen LogP contribution in [-0.2, 0) is 14.2 Å². The summed E-state index contributed by atoms with van der Waals surface area (Å²) in [5.74, 6) is 0.928. The first-order valence-electron chi connectivity index (χ1n) is 9.51. The molecule has 2 saturated heterocycles. The molecule has 4 heterocycles. The van der Waals surface area contributed by atoms with Crippen molar-refractivity contribution in [2.75, 3.05) is 12.3 Å². The molecule has 0 radical (unpaired) electrons. The Morgan fingerprint density at radius 3 is 2.89 bits per heavy atom. The van der Waals surface area contributed by atoms with Crippen LogP contribution >= 0.6 is 0 Å². The van der Waals surface area contributed by atoms with Gasteiger partial charge in [-0.05, 0) is 18.8 Å². The third-order valence-corrected chi connectivity index (χ3v) is 6.65. The fraction of sp³-hybridized carbons (Fsp3) is 0.706. The lowest BCUT2D eigenvalue weighted by molar-refractivity contribution is -0.592. The number of aliphatic hydroxyl groups excluding tert-OH is 2. The smallest absolute Gasteiger partial charge is 0.251 e. The number of hydrogen-bond acceptors (Lipinski definition) is 9. The summed E-state index contributed by atoms with van der Waals surface area (Å²) in [4.78, 5) is 8.12. The quantitative estimate of drug-likeness (QED) is 0.319. The number of nitrogens with zero attached hydrogens (tertiary/aromatic N) is 4. The lowest BCUT2D eigenvalue weighted by atomic mass is 9.98. The molecule has 2 bridgehead atoms. The summed E-state index contributed by atoms with van der Waals surface area (Å²) >= 11 is 0. The Morgan fingerprint density at radius 1 is 1.25 bits per heavy atom. The second-order valence-corrected chi connectivity index (χ2v) is 8.16. The van der Waals surface area contributed by atoms with Crippen molar-refractivity contribution in [1.82, 2.24) is 14.5 Å². The van der Waals surface area contributed by atoms with Crippen LogP contribution in [0.25, 0.3) is 11.2 Å². The van der Waals surface area contributed by atoms with E-state index in [0.717, 1.165) is 19.2 Å². The van der Waals surface area contributed by atoms with Crippen LogP contribution in [0.4, 0.5) is 5.82 Å². The number of hydrogen-bond donors (Lipinski definition) is 3. The standard InChI is InChI=1S/C17H21N5O6/c18-15-10-16(20-5-22(15)25)21(4-19-10)17-12(24)11(23)9(27-17)3-26-8-2-6-1-7(8)14-13(6)28-14/h4-9,11-14,17,23-24H,1-3,18H2/t6?,7?,8?,9-,11-,12-,13?,14?,17-/m1/s1. The molecule has 6 rings (SSSR count). The SMILES string of the molecule is Nc1c2ncn([C@@H]3O[C@H](COC4CC5CC4C4OC54)[C@@H](O)[C@H]3O)c2nc[n+]1[O-]. The average Bonchev–Trinajstić information content (AvgIpc) is 2.97. The summed E-state index contributed by atoms with van der Waals surface area (Å²) in [5.41, 5.74) is 6.24. The number of imidazole rings is 1. The van der Waals surface area contributed by atoms with Gasteiger partial charge in [-0.15, -0.1) is 0 Å². The maximum atomic E-state index is 11.6. The van der Waals surface area contributed by atoms with Crippen molar-refractivity contribution in [3.05, 3.63) is 17.9 Å². The van der Waals surface area contributed by atoms with Gasteiger partial charge in [-0.2, -0.15) is 0 Å². The number of epoxide rings is 1. The molecule has 5 unspecified atom stereocenters. The molecule has 2 aliphatic carbocycles. The molecule has 11 heteroatoms. The van der Waals surface area contributed by atoms with Gasteiger partial charge in [0.15, 0.2) is 11.7 Å². The van der Waals surface area contributed by atoms with Crippen LogP contribution in [0.15, 0.2) is 12.7 Å². The van der Waals surface area contributed by atoms with E-state index in [1.165, 1.54) is 10.9 Å². The number of aromatic nitrogens is 4. The highest BCUT2D eigenvalue weighted by molar-refractivity contribution is 5.79. The van der Waals surface area contributed by atoms with Crippen molar-refractivity contribution < 1.29 is 29.2 Å². The molecule has 9 atom stereocenters. The van der Waals surface area contributed by atoms with Crippen LogP contribution in [0.2, 0.25) is 0 Å². The monoisotopic (exact) mass is 391 g/mol. The van der Waals surface area contributed by atoms with Crippen molar-refractivity contribution in [1.29, 1.82) is 0 Å². The molecule has 11 nitrogen and oxygen atoms in total. The van der Waals surface area contributed by atoms with E-state index in [-0.39, 0.29) is 24.0 Å². The average molecular weight is 391 g/mol. The minimum atomic E-state index is -1.19. The van der Waals surface area contributed by atoms with Gasteiger partial charge in [0.25, 0.3) is 5.82 Å². The van der Waals surface area contributed by atoms with Crippen LogP contribution in [0.3, 0.4) is 0 Å². The van der Waals surface area contributed by atoms with Crippen molar-refractivity contribution in [3.63, 3.8) is 0 Å². The van der Waals surface area contributed by atoms with E-state index in [2.05, 4.69) is 9.97 Å². The first-order chi connectivity index (χ1) is 13.5. The van der Waals surface area contributed by atoms with Gasteiger partial charge < -0.3 is 35.4 Å². The minimum Gasteiger partial charge on any atom is -0.740 e. The van der Waals surface area contributed by atoms with E-state index in [4.69, 9.17) is 19.9 Å². The number of nitrogen functional groups attached to an aromatic ring is 1. The molecule has 0 aromatic carbocycles. The highest BCUT2D eigenvalue weighted by Gasteiger charge is 2.63. The first-order valence-corrected chi connectivity index (χ1v) is 9.51. The normalized spacial score (nSPS) is 43.7. The summed E-state index contributed by atoms with van der Waals surface area (Å²) in [6, 6.07) is 0. The van der Waals surface area contributed by atoms with Gasteiger partial charge in [-0.25, -0.2) is 9.71 Å². The fourth-order valence-corrected chi connectivity index (χ4v) is 5.17. The summed E-state index contributed by atoms with van der Waals surface area (Å²) in [5, 5.41) is 32.5. The van der Waals surface area contributed by atoms with Crippen molar-refractivity contribution in [2.24, 2.45) is 11.8 Å². The molecule has 150 valence electrons. The lowest BCUT2D eigenvalue weighted by Gasteiger charge is -2.23. The zero-order chi connectivity index (χ0) is 19.2. The third-order valence-electron chi connectivity index (χ3n) is 6.65. The van der Waals surface area contributed by atoms with E-state index >= 15 is 0 Å². The molecule has 2 aromatic rings. The van der Waals surface area contributed by atoms with Gasteiger partial charge in [0.1, 0.15) is 24.6 Å². The molecule has 28 heavy (non-hydrogen) atoms. The Labute approximate surface area is 159 Å². The van der Waals surface area contributed by atoms with Gasteiger partial charge in [-0.1, -0.05) is 4.98 Å². The maximum absolute atomic E-state index is 11.6. The third kappa shape index (κ3) is 2.25. The predicted octanol–water partition coefficient (Wildman–Crippen LogP) is -1.54. The summed E-state index contributed by atoms with van der Waals surface area (Å²) in [6.07, 6.45) is 1.54. The number of ether oxygens (including phenoxy) is 3. The van der Waals surface area contributed by atoms with Gasteiger partial charge in [-0.3, -0.25) is 4.57 Å². The Hall–Kier alpha value is -2.05. The molecular formula is C17H21N5O6. The number of aliphatic hydroxyl groups is 2. The van der Waals surface area contributed by atoms with Gasteiger partial charge in [0.2, 0.25) is 12.0 Å². The van der Waals surface area contributed by atoms with Crippen molar-refractivity contribution in [3.8, 4) is 0 Å². The summed E-state index contributed by atoms with van der Waals surface area (Å²) < 4.78 is 19.5. The van der Waals surface area contributed by atoms with Crippen molar-refractivity contribution in [2.45, 2.75) is 55.7 Å². The Bertz CT molecular complexity index is 938. The predicted molar refractivity (Wildman–Crippen MR) is 91.4 cm³/mol. The van der Waals surface area contributed by atoms with E-state index in [0.29, 0.717) is 34.4 Å². The van der Waals surface area contributed by atoms with Gasteiger partial charge in [0.05, 0.1) is 24.9 Å². The van der Waals surface area contributed by atoms with Crippen LogP contribution in [0, 0.1) is 17.0 Å². The van der Waals surface area contributed by atoms with E-state index in [9.17, 15) is 15.4 Å². The zero-order valence-electron chi connectivity index (χ0n) is 14.9. The lowest BCUT2D eigenvalue weighted by Crippen LogP contribution is -2.36. The molecule has 4 fully saturated rings. The largest absolute Gasteiger partial charge is 0.740 e. The molecule has 2 aromatic heterocycles. The number of nitrogens with two attached hydrogens (primary N) is 1. The highest BCUT2D eigenvalue weighted by Crippen LogP contribution is 2.57. The Balaban J connectivity index is 1.18. The number of rotatable bonds is 4. The molecule has 2 aliphatic heterocycles. The number of fused-ring (bicyclic) bond motifs is 6. The van der Waals surface area contributed by atoms with Crippen LogP contribution in [-0.4, -0.2) is 68.0 Å². The molecule has 4 N–H and O–H groups in total. The van der Waals surface area contributed by atoms with Crippen LogP contribution in [0.5, 0.6) is 0 Å². The molecule has 0 spiro atoms. The first kappa shape index (κ1) is 16.9. The van der Waals surface area contributed by atoms with Gasteiger partial charge >= 0.3 is 0 Å². The molecule has 4 aliphatic rings. The van der Waals surface area contributed by atoms with Crippen LogP contribution in [0.1, 0.15) is 19.1 Å². The molecular weight excluding hydrogens is 370 g/mol. The molecule has 0 amide bonds. The second kappa shape index (κ2) is 5.74. The van der Waals surface area contributed by atoms with Gasteiger partial charge in [0, 0.05) is 5.92 Å². The number of anilines is 1. The Kier molecular flexibility index (Phi) is 3.45. The fourth-order valence-electron chi connectivity index (χ4n) is 5.17. The summed E-state index contributed by atoms with van der Waals surface area (Å²) in [7, 11) is 0. The summed E-state index contributed by atoms with van der Waals surface area (Å²) in [6.45, 7) is 0.183. The Morgan fingerprint density at radius 2 is 2.11 bits per heavy atom. The second-order valence-electron chi connectivity index (χ2n) is 8.16. The maximum Gasteiger partial charge on any atom is 0.251 e. The van der Waals surface area contributed by atoms with E-state index < -0.39 is 24.5 Å².